The van der Waals surface area contributed by atoms with Crippen molar-refractivity contribution < 1.29 is 0 Å². The summed E-state index contributed by atoms with van der Waals surface area (Å²) in [6.45, 7) is 0. The first-order valence-electron chi connectivity index (χ1n) is 5.64. The Morgan fingerprint density at radius 1 is 0.684 bits per heavy atom. The average Bonchev–Trinajstić information content (AvgIpc) is 2.40. The summed E-state index contributed by atoms with van der Waals surface area (Å²) >= 11 is 11.8. The highest BCUT2D eigenvalue weighted by Crippen LogP contribution is 2.15. The molecule has 2 nitrogen and oxygen atoms in total. The van der Waals surface area contributed by atoms with E-state index in [1.807, 2.05) is 60.7 Å². The first kappa shape index (κ1) is 14.0. The maximum absolute atomic E-state index is 5.25. The number of thioether (sulfide) groups is 1. The Kier molecular flexibility index (Phi) is 5.32. The maximum Gasteiger partial charge on any atom is 0.145 e. The molecule has 0 heterocycles. The Morgan fingerprint density at radius 3 is 1.42 bits per heavy atom. The van der Waals surface area contributed by atoms with Crippen molar-refractivity contribution in [2.75, 3.05) is 10.6 Å². The Labute approximate surface area is 127 Å². The van der Waals surface area contributed by atoms with Crippen molar-refractivity contribution in [1.82, 2.24) is 0 Å². The first-order valence-corrected chi connectivity index (χ1v) is 7.27. The summed E-state index contributed by atoms with van der Waals surface area (Å²) < 4.78 is 1.25. The molecule has 2 aromatic carbocycles. The normalized spacial score (nSPS) is 9.68. The van der Waals surface area contributed by atoms with Crippen LogP contribution in [0.4, 0.5) is 11.4 Å². The number of benzene rings is 2. The van der Waals surface area contributed by atoms with Gasteiger partial charge in [-0.3, -0.25) is 0 Å². The molecule has 19 heavy (non-hydrogen) atoms. The summed E-state index contributed by atoms with van der Waals surface area (Å²) in [6, 6.07) is 19.6. The third-order valence-electron chi connectivity index (χ3n) is 2.23. The minimum atomic E-state index is 0.625. The van der Waals surface area contributed by atoms with Gasteiger partial charge in [-0.2, -0.15) is 0 Å². The van der Waals surface area contributed by atoms with E-state index in [1.165, 1.54) is 11.8 Å². The van der Waals surface area contributed by atoms with Crippen molar-refractivity contribution >= 4 is 56.2 Å². The van der Waals surface area contributed by atoms with Gasteiger partial charge in [0.25, 0.3) is 0 Å². The Balaban J connectivity index is 1.84. The summed E-state index contributed by atoms with van der Waals surface area (Å²) in [5, 5.41) is 6.25. The van der Waals surface area contributed by atoms with E-state index in [2.05, 4.69) is 10.6 Å². The third-order valence-corrected chi connectivity index (χ3v) is 3.50. The lowest BCUT2D eigenvalue weighted by Gasteiger charge is -2.09. The van der Waals surface area contributed by atoms with Crippen molar-refractivity contribution in [3.05, 3.63) is 60.7 Å². The summed E-state index contributed by atoms with van der Waals surface area (Å²) in [4.78, 5) is 0. The van der Waals surface area contributed by atoms with Crippen LogP contribution < -0.4 is 10.6 Å². The van der Waals surface area contributed by atoms with Crippen molar-refractivity contribution in [3.8, 4) is 0 Å². The molecule has 0 aromatic heterocycles. The molecule has 0 atom stereocenters. The fourth-order valence-corrected chi connectivity index (χ4v) is 2.81. The van der Waals surface area contributed by atoms with Crippen LogP contribution in [0.25, 0.3) is 0 Å². The van der Waals surface area contributed by atoms with Crippen LogP contribution in [-0.4, -0.2) is 8.64 Å². The van der Waals surface area contributed by atoms with E-state index < -0.39 is 0 Å². The zero-order valence-electron chi connectivity index (χ0n) is 10.00. The van der Waals surface area contributed by atoms with Gasteiger partial charge in [0, 0.05) is 11.4 Å². The molecule has 0 radical (unpaired) electrons. The van der Waals surface area contributed by atoms with E-state index >= 15 is 0 Å². The second kappa shape index (κ2) is 7.23. The second-order valence-corrected chi connectivity index (χ2v) is 6.01. The minimum absolute atomic E-state index is 0.625. The molecule has 5 heteroatoms. The lowest BCUT2D eigenvalue weighted by Crippen LogP contribution is -2.12. The van der Waals surface area contributed by atoms with Gasteiger partial charge in [-0.05, 0) is 36.0 Å². The molecule has 0 amide bonds. The van der Waals surface area contributed by atoms with E-state index in [0.29, 0.717) is 8.64 Å². The van der Waals surface area contributed by atoms with Crippen LogP contribution in [0.5, 0.6) is 0 Å². The van der Waals surface area contributed by atoms with Gasteiger partial charge in [-0.25, -0.2) is 0 Å². The monoisotopic (exact) mass is 304 g/mol. The van der Waals surface area contributed by atoms with Crippen LogP contribution in [0.15, 0.2) is 60.7 Å². The van der Waals surface area contributed by atoms with Gasteiger partial charge in [0.2, 0.25) is 0 Å². The molecule has 96 valence electrons. The van der Waals surface area contributed by atoms with Gasteiger partial charge < -0.3 is 10.6 Å². The summed E-state index contributed by atoms with van der Waals surface area (Å²) in [7, 11) is 0. The predicted octanol–water partition coefficient (Wildman–Crippen LogP) is 4.51. The Morgan fingerprint density at radius 2 is 1.05 bits per heavy atom. The lowest BCUT2D eigenvalue weighted by molar-refractivity contribution is 1.66. The van der Waals surface area contributed by atoms with Crippen LogP contribution in [-0.2, 0) is 0 Å². The quantitative estimate of drug-likeness (QED) is 0.795. The van der Waals surface area contributed by atoms with E-state index in [1.54, 1.807) is 0 Å². The van der Waals surface area contributed by atoms with Gasteiger partial charge in [-0.1, -0.05) is 60.8 Å². The summed E-state index contributed by atoms with van der Waals surface area (Å²) in [5.74, 6) is 0. The van der Waals surface area contributed by atoms with Crippen LogP contribution in [0.1, 0.15) is 0 Å². The highest BCUT2D eigenvalue weighted by atomic mass is 32.2. The SMILES string of the molecule is S=C(Nc1ccccc1)SC(=S)Nc1ccccc1. The number of anilines is 2. The predicted molar refractivity (Wildman–Crippen MR) is 92.9 cm³/mol. The van der Waals surface area contributed by atoms with E-state index in [0.717, 1.165) is 11.4 Å². The fourth-order valence-electron chi connectivity index (χ4n) is 1.41. The smallest absolute Gasteiger partial charge is 0.145 e. The topological polar surface area (TPSA) is 24.1 Å². The standard InChI is InChI=1S/C14H12N2S3/c17-13(15-11-7-3-1-4-8-11)19-14(18)16-12-9-5-2-6-10-12/h1-10H,(H,15,17)(H,16,18). The molecule has 0 fully saturated rings. The zero-order valence-corrected chi connectivity index (χ0v) is 12.4. The number of para-hydroxylation sites is 2. The van der Waals surface area contributed by atoms with Crippen LogP contribution in [0.2, 0.25) is 0 Å². The molecule has 0 unspecified atom stereocenters. The first-order chi connectivity index (χ1) is 9.24. The molecule has 0 bridgehead atoms. The van der Waals surface area contributed by atoms with E-state index in [-0.39, 0.29) is 0 Å². The van der Waals surface area contributed by atoms with Crippen LogP contribution >= 0.6 is 36.2 Å². The molecular weight excluding hydrogens is 292 g/mol. The number of thiocarbonyl (C=S) groups is 2. The van der Waals surface area contributed by atoms with Crippen molar-refractivity contribution in [2.24, 2.45) is 0 Å². The molecule has 0 aliphatic rings. The van der Waals surface area contributed by atoms with Gasteiger partial charge in [0.15, 0.2) is 0 Å². The summed E-state index contributed by atoms with van der Waals surface area (Å²) in [5.41, 5.74) is 1.92. The Bertz CT molecular complexity index is 504. The third kappa shape index (κ3) is 4.98. The van der Waals surface area contributed by atoms with Crippen LogP contribution in [0.3, 0.4) is 0 Å². The molecular formula is C14H12N2S3. The van der Waals surface area contributed by atoms with E-state index in [4.69, 9.17) is 24.4 Å². The van der Waals surface area contributed by atoms with Gasteiger partial charge in [-0.15, -0.1) is 0 Å². The van der Waals surface area contributed by atoms with Crippen molar-refractivity contribution in [3.63, 3.8) is 0 Å². The number of rotatable bonds is 2. The van der Waals surface area contributed by atoms with Crippen molar-refractivity contribution in [2.45, 2.75) is 0 Å². The second-order valence-electron chi connectivity index (χ2n) is 3.66. The average molecular weight is 304 g/mol. The van der Waals surface area contributed by atoms with E-state index in [9.17, 15) is 0 Å². The number of hydrogen-bond acceptors (Lipinski definition) is 3. The largest absolute Gasteiger partial charge is 0.341 e. The zero-order chi connectivity index (χ0) is 13.5. The van der Waals surface area contributed by atoms with Gasteiger partial charge >= 0.3 is 0 Å². The lowest BCUT2D eigenvalue weighted by atomic mass is 10.3. The molecule has 0 saturated heterocycles. The number of hydrogen-bond donors (Lipinski definition) is 2. The van der Waals surface area contributed by atoms with Crippen LogP contribution in [0, 0.1) is 0 Å². The molecule has 0 aliphatic carbocycles. The highest BCUT2D eigenvalue weighted by molar-refractivity contribution is 8.38. The molecule has 0 saturated carbocycles. The summed E-state index contributed by atoms with van der Waals surface area (Å²) in [6.07, 6.45) is 0. The highest BCUT2D eigenvalue weighted by Gasteiger charge is 2.04. The maximum atomic E-state index is 5.25. The molecule has 2 rings (SSSR count). The van der Waals surface area contributed by atoms with Gasteiger partial charge in [0.1, 0.15) is 8.64 Å². The van der Waals surface area contributed by atoms with Gasteiger partial charge in [0.05, 0.1) is 0 Å². The van der Waals surface area contributed by atoms with Crippen molar-refractivity contribution in [1.29, 1.82) is 0 Å². The molecule has 0 aliphatic heterocycles. The molecule has 0 spiro atoms. The fraction of sp³-hybridized carbons (Fsp3) is 0. The minimum Gasteiger partial charge on any atom is -0.341 e. The molecule has 2 aromatic rings. The Hall–Kier alpha value is -1.43. The number of nitrogens with one attached hydrogen (secondary N) is 2. The molecule has 2 N–H and O–H groups in total.